The third-order valence-corrected chi connectivity index (χ3v) is 2.76. The molecule has 2 heteroatoms. The van der Waals surface area contributed by atoms with Crippen LogP contribution in [0.1, 0.15) is 23.7 Å². The third-order valence-electron chi connectivity index (χ3n) is 2.76. The van der Waals surface area contributed by atoms with Gasteiger partial charge in [-0.3, -0.25) is 4.98 Å². The van der Waals surface area contributed by atoms with Gasteiger partial charge in [0.15, 0.2) is 0 Å². The molecule has 0 atom stereocenters. The van der Waals surface area contributed by atoms with Gasteiger partial charge in [0.05, 0.1) is 5.69 Å². The molecule has 0 radical (unpaired) electrons. The standard InChI is InChI=1S/C15H15NO/c1-3-12-4-9-15(16-10-12)11(2)13-5-7-14(17)8-6-13/h4-10,17H,2-3H2,1H3. The number of rotatable bonds is 3. The van der Waals surface area contributed by atoms with Gasteiger partial charge in [-0.05, 0) is 35.7 Å². The lowest BCUT2D eigenvalue weighted by Crippen LogP contribution is -1.91. The molecule has 2 nitrogen and oxygen atoms in total. The molecule has 0 bridgehead atoms. The zero-order chi connectivity index (χ0) is 12.3. The minimum Gasteiger partial charge on any atom is -0.508 e. The second-order valence-corrected chi connectivity index (χ2v) is 3.93. The molecule has 2 rings (SSSR count). The fourth-order valence-electron chi connectivity index (χ4n) is 1.62. The predicted octanol–water partition coefficient (Wildman–Crippen LogP) is 3.41. The van der Waals surface area contributed by atoms with Crippen molar-refractivity contribution in [3.63, 3.8) is 0 Å². The molecule has 1 heterocycles. The zero-order valence-electron chi connectivity index (χ0n) is 9.85. The van der Waals surface area contributed by atoms with E-state index in [0.717, 1.165) is 23.3 Å². The van der Waals surface area contributed by atoms with Crippen molar-refractivity contribution >= 4 is 5.57 Å². The minimum atomic E-state index is 0.260. The molecular weight excluding hydrogens is 210 g/mol. The van der Waals surface area contributed by atoms with Crippen molar-refractivity contribution in [2.75, 3.05) is 0 Å². The van der Waals surface area contributed by atoms with Crippen molar-refractivity contribution in [1.82, 2.24) is 4.98 Å². The normalized spacial score (nSPS) is 10.2. The average molecular weight is 225 g/mol. The predicted molar refractivity (Wildman–Crippen MR) is 69.9 cm³/mol. The zero-order valence-corrected chi connectivity index (χ0v) is 9.85. The highest BCUT2D eigenvalue weighted by atomic mass is 16.3. The molecule has 0 saturated carbocycles. The highest BCUT2D eigenvalue weighted by molar-refractivity contribution is 5.76. The first-order valence-corrected chi connectivity index (χ1v) is 5.64. The van der Waals surface area contributed by atoms with Gasteiger partial charge in [0.2, 0.25) is 0 Å². The Balaban J connectivity index is 2.27. The Labute approximate surface area is 101 Å². The summed E-state index contributed by atoms with van der Waals surface area (Å²) in [6, 6.07) is 11.0. The van der Waals surface area contributed by atoms with Crippen LogP contribution in [0, 0.1) is 0 Å². The van der Waals surface area contributed by atoms with Crippen LogP contribution in [-0.2, 0) is 6.42 Å². The van der Waals surface area contributed by atoms with Gasteiger partial charge in [0.1, 0.15) is 5.75 Å². The molecule has 0 saturated heterocycles. The van der Waals surface area contributed by atoms with Crippen LogP contribution in [0.2, 0.25) is 0 Å². The Morgan fingerprint density at radius 2 is 1.88 bits per heavy atom. The van der Waals surface area contributed by atoms with Gasteiger partial charge >= 0.3 is 0 Å². The van der Waals surface area contributed by atoms with Gasteiger partial charge in [-0.1, -0.05) is 31.7 Å². The van der Waals surface area contributed by atoms with Crippen LogP contribution in [0.4, 0.5) is 0 Å². The topological polar surface area (TPSA) is 33.1 Å². The minimum absolute atomic E-state index is 0.260. The van der Waals surface area contributed by atoms with E-state index in [1.165, 1.54) is 5.56 Å². The highest BCUT2D eigenvalue weighted by Gasteiger charge is 2.03. The van der Waals surface area contributed by atoms with Crippen molar-refractivity contribution in [1.29, 1.82) is 0 Å². The monoisotopic (exact) mass is 225 g/mol. The van der Waals surface area contributed by atoms with Gasteiger partial charge in [-0.2, -0.15) is 0 Å². The summed E-state index contributed by atoms with van der Waals surface area (Å²) in [6.07, 6.45) is 2.86. The third kappa shape index (κ3) is 2.53. The summed E-state index contributed by atoms with van der Waals surface area (Å²) in [5, 5.41) is 9.23. The number of pyridine rings is 1. The van der Waals surface area contributed by atoms with Crippen molar-refractivity contribution in [2.45, 2.75) is 13.3 Å². The van der Waals surface area contributed by atoms with E-state index in [1.54, 1.807) is 12.1 Å². The van der Waals surface area contributed by atoms with Crippen LogP contribution < -0.4 is 0 Å². The smallest absolute Gasteiger partial charge is 0.115 e. The number of aromatic hydroxyl groups is 1. The van der Waals surface area contributed by atoms with Gasteiger partial charge in [0, 0.05) is 11.8 Å². The number of phenolic OH excluding ortho intramolecular Hbond substituents is 1. The molecule has 0 unspecified atom stereocenters. The molecule has 2 aromatic rings. The fraction of sp³-hybridized carbons (Fsp3) is 0.133. The second-order valence-electron chi connectivity index (χ2n) is 3.93. The van der Waals surface area contributed by atoms with Gasteiger partial charge in [-0.15, -0.1) is 0 Å². The Morgan fingerprint density at radius 1 is 1.18 bits per heavy atom. The molecule has 0 aliphatic carbocycles. The lowest BCUT2D eigenvalue weighted by molar-refractivity contribution is 0.475. The molecule has 0 aliphatic rings. The molecule has 17 heavy (non-hydrogen) atoms. The maximum Gasteiger partial charge on any atom is 0.115 e. The van der Waals surface area contributed by atoms with Crippen molar-refractivity contribution in [3.05, 3.63) is 66.0 Å². The first kappa shape index (κ1) is 11.4. The van der Waals surface area contributed by atoms with Crippen molar-refractivity contribution < 1.29 is 5.11 Å². The van der Waals surface area contributed by atoms with Gasteiger partial charge in [-0.25, -0.2) is 0 Å². The summed E-state index contributed by atoms with van der Waals surface area (Å²) in [6.45, 7) is 6.14. The number of hydrogen-bond acceptors (Lipinski definition) is 2. The van der Waals surface area contributed by atoms with Crippen LogP contribution in [0.15, 0.2) is 49.2 Å². The molecule has 0 spiro atoms. The van der Waals surface area contributed by atoms with E-state index in [1.807, 2.05) is 24.4 Å². The maximum atomic E-state index is 9.23. The Hall–Kier alpha value is -2.09. The van der Waals surface area contributed by atoms with Crippen LogP contribution in [-0.4, -0.2) is 10.1 Å². The lowest BCUT2D eigenvalue weighted by atomic mass is 10.0. The summed E-state index contributed by atoms with van der Waals surface area (Å²) in [7, 11) is 0. The lowest BCUT2D eigenvalue weighted by Gasteiger charge is -2.06. The molecule has 1 aromatic carbocycles. The van der Waals surface area contributed by atoms with E-state index < -0.39 is 0 Å². The van der Waals surface area contributed by atoms with Crippen molar-refractivity contribution in [2.24, 2.45) is 0 Å². The van der Waals surface area contributed by atoms with Crippen LogP contribution >= 0.6 is 0 Å². The fourth-order valence-corrected chi connectivity index (χ4v) is 1.62. The number of aromatic nitrogens is 1. The first-order valence-electron chi connectivity index (χ1n) is 5.64. The summed E-state index contributed by atoms with van der Waals surface area (Å²) in [4.78, 5) is 4.39. The van der Waals surface area contributed by atoms with E-state index in [-0.39, 0.29) is 5.75 Å². The summed E-state index contributed by atoms with van der Waals surface area (Å²) >= 11 is 0. The van der Waals surface area contributed by atoms with Crippen LogP contribution in [0.5, 0.6) is 5.75 Å². The van der Waals surface area contributed by atoms with E-state index in [4.69, 9.17) is 0 Å². The molecule has 86 valence electrons. The molecule has 0 amide bonds. The second kappa shape index (κ2) is 4.83. The molecule has 1 N–H and O–H groups in total. The van der Waals surface area contributed by atoms with Gasteiger partial charge < -0.3 is 5.11 Å². The van der Waals surface area contributed by atoms with Crippen molar-refractivity contribution in [3.8, 4) is 5.75 Å². The maximum absolute atomic E-state index is 9.23. The van der Waals surface area contributed by atoms with E-state index in [0.29, 0.717) is 0 Å². The van der Waals surface area contributed by atoms with Gasteiger partial charge in [0.25, 0.3) is 0 Å². The highest BCUT2D eigenvalue weighted by Crippen LogP contribution is 2.21. The molecular formula is C15H15NO. The number of hydrogen-bond donors (Lipinski definition) is 1. The summed E-state index contributed by atoms with van der Waals surface area (Å²) in [5.74, 6) is 0.260. The quantitative estimate of drug-likeness (QED) is 0.868. The molecule has 0 fully saturated rings. The van der Waals surface area contributed by atoms with E-state index >= 15 is 0 Å². The summed E-state index contributed by atoms with van der Waals surface area (Å²) in [5.41, 5.74) is 3.92. The Morgan fingerprint density at radius 3 is 2.41 bits per heavy atom. The number of benzene rings is 1. The number of phenols is 1. The summed E-state index contributed by atoms with van der Waals surface area (Å²) < 4.78 is 0. The Bertz CT molecular complexity index is 512. The van der Waals surface area contributed by atoms with E-state index in [9.17, 15) is 5.11 Å². The average Bonchev–Trinajstić information content (AvgIpc) is 2.39. The van der Waals surface area contributed by atoms with E-state index in [2.05, 4.69) is 24.6 Å². The number of nitrogens with zero attached hydrogens (tertiary/aromatic N) is 1. The largest absolute Gasteiger partial charge is 0.508 e. The first-order chi connectivity index (χ1) is 8.20. The van der Waals surface area contributed by atoms with Crippen LogP contribution in [0.25, 0.3) is 5.57 Å². The number of aryl methyl sites for hydroxylation is 1. The van der Waals surface area contributed by atoms with Crippen LogP contribution in [0.3, 0.4) is 0 Å². The Kier molecular flexibility index (Phi) is 3.24. The molecule has 1 aromatic heterocycles. The SMILES string of the molecule is C=C(c1ccc(O)cc1)c1ccc(CC)cn1. The molecule has 0 aliphatic heterocycles.